The van der Waals surface area contributed by atoms with Gasteiger partial charge >= 0.3 is 0 Å². The molecule has 0 aliphatic carbocycles. The standard InChI is InChI=1S/C8H13N3/c1-2-11-6-10-8-7(11)4-3-5-9-8/h3-5,8-10H,2,6H2,1H3. The molecule has 0 aromatic rings. The summed E-state index contributed by atoms with van der Waals surface area (Å²) in [5.74, 6) is 0. The minimum Gasteiger partial charge on any atom is -0.371 e. The van der Waals surface area contributed by atoms with Gasteiger partial charge in [0.15, 0.2) is 0 Å². The third-order valence-electron chi connectivity index (χ3n) is 2.16. The SMILES string of the molecule is CCN1CNC2NC=CC=C21. The van der Waals surface area contributed by atoms with E-state index in [2.05, 4.69) is 28.5 Å². The van der Waals surface area contributed by atoms with Crippen LogP contribution in [0.3, 0.4) is 0 Å². The molecule has 2 aliphatic rings. The number of allylic oxidation sites excluding steroid dienone is 2. The van der Waals surface area contributed by atoms with Crippen molar-refractivity contribution < 1.29 is 0 Å². The third kappa shape index (κ3) is 1.01. The van der Waals surface area contributed by atoms with E-state index in [9.17, 15) is 0 Å². The molecule has 3 heteroatoms. The van der Waals surface area contributed by atoms with Crippen molar-refractivity contribution in [1.82, 2.24) is 15.5 Å². The van der Waals surface area contributed by atoms with Crippen LogP contribution in [0.1, 0.15) is 6.92 Å². The highest BCUT2D eigenvalue weighted by atomic mass is 15.4. The zero-order valence-corrected chi connectivity index (χ0v) is 6.67. The molecule has 2 aliphatic heterocycles. The lowest BCUT2D eigenvalue weighted by atomic mass is 10.2. The van der Waals surface area contributed by atoms with Crippen LogP contribution in [0.4, 0.5) is 0 Å². The maximum Gasteiger partial charge on any atom is 0.119 e. The molecule has 1 atom stereocenters. The first-order valence-electron chi connectivity index (χ1n) is 4.03. The quantitative estimate of drug-likeness (QED) is 0.560. The molecular weight excluding hydrogens is 138 g/mol. The number of nitrogens with zero attached hydrogens (tertiary/aromatic N) is 1. The number of hydrogen-bond acceptors (Lipinski definition) is 3. The predicted octanol–water partition coefficient (Wildman–Crippen LogP) is 0.196. The number of rotatable bonds is 1. The third-order valence-corrected chi connectivity index (χ3v) is 2.16. The molecule has 3 nitrogen and oxygen atoms in total. The Hall–Kier alpha value is -0.960. The van der Waals surface area contributed by atoms with Crippen molar-refractivity contribution in [2.45, 2.75) is 13.1 Å². The van der Waals surface area contributed by atoms with Crippen molar-refractivity contribution in [2.75, 3.05) is 13.2 Å². The second kappa shape index (κ2) is 2.58. The topological polar surface area (TPSA) is 27.3 Å². The molecule has 11 heavy (non-hydrogen) atoms. The summed E-state index contributed by atoms with van der Waals surface area (Å²) in [5, 5.41) is 6.60. The number of nitrogens with one attached hydrogen (secondary N) is 2. The van der Waals surface area contributed by atoms with Gasteiger partial charge in [0.25, 0.3) is 0 Å². The zero-order chi connectivity index (χ0) is 7.68. The van der Waals surface area contributed by atoms with Crippen molar-refractivity contribution in [3.05, 3.63) is 24.0 Å². The molecule has 2 N–H and O–H groups in total. The second-order valence-electron chi connectivity index (χ2n) is 2.77. The predicted molar refractivity (Wildman–Crippen MR) is 44.5 cm³/mol. The summed E-state index contributed by atoms with van der Waals surface area (Å²) < 4.78 is 0. The highest BCUT2D eigenvalue weighted by molar-refractivity contribution is 5.23. The van der Waals surface area contributed by atoms with Crippen LogP contribution in [0.2, 0.25) is 0 Å². The zero-order valence-electron chi connectivity index (χ0n) is 6.67. The van der Waals surface area contributed by atoms with Crippen molar-refractivity contribution in [3.8, 4) is 0 Å². The first-order chi connectivity index (χ1) is 5.42. The molecular formula is C8H13N3. The van der Waals surface area contributed by atoms with E-state index in [0.29, 0.717) is 6.17 Å². The van der Waals surface area contributed by atoms with Crippen LogP contribution in [0, 0.1) is 0 Å². The Morgan fingerprint density at radius 1 is 1.73 bits per heavy atom. The van der Waals surface area contributed by atoms with E-state index in [1.54, 1.807) is 0 Å². The van der Waals surface area contributed by atoms with Gasteiger partial charge in [-0.3, -0.25) is 5.32 Å². The largest absolute Gasteiger partial charge is 0.371 e. The van der Waals surface area contributed by atoms with Crippen LogP contribution in [0.25, 0.3) is 0 Å². The molecule has 0 radical (unpaired) electrons. The maximum atomic E-state index is 3.35. The number of dihydropyridines is 1. The number of likely N-dealkylation sites (N-methyl/N-ethyl adjacent to an activating group) is 1. The van der Waals surface area contributed by atoms with Gasteiger partial charge in [-0.1, -0.05) is 0 Å². The van der Waals surface area contributed by atoms with Crippen molar-refractivity contribution in [3.63, 3.8) is 0 Å². The molecule has 0 saturated carbocycles. The molecule has 0 aromatic heterocycles. The molecule has 2 rings (SSSR count). The summed E-state index contributed by atoms with van der Waals surface area (Å²) in [5.41, 5.74) is 1.36. The van der Waals surface area contributed by atoms with Crippen LogP contribution < -0.4 is 10.6 Å². The van der Waals surface area contributed by atoms with Crippen LogP contribution in [-0.2, 0) is 0 Å². The van der Waals surface area contributed by atoms with E-state index in [-0.39, 0.29) is 0 Å². The Morgan fingerprint density at radius 3 is 3.45 bits per heavy atom. The smallest absolute Gasteiger partial charge is 0.119 e. The van der Waals surface area contributed by atoms with Crippen LogP contribution >= 0.6 is 0 Å². The molecule has 1 fully saturated rings. The van der Waals surface area contributed by atoms with Gasteiger partial charge in [0.1, 0.15) is 6.17 Å². The summed E-state index contributed by atoms with van der Waals surface area (Å²) in [4.78, 5) is 2.32. The fourth-order valence-corrected chi connectivity index (χ4v) is 1.52. The van der Waals surface area contributed by atoms with E-state index < -0.39 is 0 Å². The maximum absolute atomic E-state index is 3.35. The molecule has 0 aromatic carbocycles. The minimum atomic E-state index is 0.347. The average Bonchev–Trinajstić information content (AvgIpc) is 2.47. The Morgan fingerprint density at radius 2 is 2.64 bits per heavy atom. The van der Waals surface area contributed by atoms with Crippen LogP contribution in [0.5, 0.6) is 0 Å². The molecule has 1 saturated heterocycles. The lowest BCUT2D eigenvalue weighted by Crippen LogP contribution is -2.36. The van der Waals surface area contributed by atoms with E-state index in [1.807, 2.05) is 12.3 Å². The normalized spacial score (nSPS) is 27.9. The van der Waals surface area contributed by atoms with Crippen LogP contribution in [-0.4, -0.2) is 24.3 Å². The molecule has 0 spiro atoms. The summed E-state index contributed by atoms with van der Waals surface area (Å²) in [6.07, 6.45) is 6.52. The van der Waals surface area contributed by atoms with Gasteiger partial charge in [-0.15, -0.1) is 0 Å². The molecule has 0 bridgehead atoms. The molecule has 0 amide bonds. The number of fused-ring (bicyclic) bond motifs is 1. The first-order valence-corrected chi connectivity index (χ1v) is 4.03. The number of hydrogen-bond donors (Lipinski definition) is 2. The summed E-state index contributed by atoms with van der Waals surface area (Å²) in [6.45, 7) is 4.20. The van der Waals surface area contributed by atoms with Gasteiger partial charge in [-0.2, -0.15) is 0 Å². The Bertz CT molecular complexity index is 207. The summed E-state index contributed by atoms with van der Waals surface area (Å²) in [6, 6.07) is 0. The van der Waals surface area contributed by atoms with Crippen molar-refractivity contribution in [2.24, 2.45) is 0 Å². The molecule has 2 heterocycles. The molecule has 60 valence electrons. The first kappa shape index (κ1) is 6.73. The van der Waals surface area contributed by atoms with Gasteiger partial charge in [0.2, 0.25) is 0 Å². The van der Waals surface area contributed by atoms with Gasteiger partial charge < -0.3 is 10.2 Å². The second-order valence-corrected chi connectivity index (χ2v) is 2.77. The lowest BCUT2D eigenvalue weighted by Gasteiger charge is -2.20. The van der Waals surface area contributed by atoms with E-state index in [4.69, 9.17) is 0 Å². The summed E-state index contributed by atoms with van der Waals surface area (Å²) >= 11 is 0. The van der Waals surface area contributed by atoms with E-state index in [1.165, 1.54) is 5.70 Å². The summed E-state index contributed by atoms with van der Waals surface area (Å²) in [7, 11) is 0. The van der Waals surface area contributed by atoms with E-state index >= 15 is 0 Å². The highest BCUT2D eigenvalue weighted by Crippen LogP contribution is 2.15. The van der Waals surface area contributed by atoms with Gasteiger partial charge in [0, 0.05) is 6.54 Å². The molecule has 1 unspecified atom stereocenters. The van der Waals surface area contributed by atoms with Crippen molar-refractivity contribution in [1.29, 1.82) is 0 Å². The minimum absolute atomic E-state index is 0.347. The average molecular weight is 151 g/mol. The van der Waals surface area contributed by atoms with Gasteiger partial charge in [0.05, 0.1) is 12.4 Å². The van der Waals surface area contributed by atoms with Crippen LogP contribution in [0.15, 0.2) is 24.0 Å². The van der Waals surface area contributed by atoms with E-state index in [0.717, 1.165) is 13.2 Å². The lowest BCUT2D eigenvalue weighted by molar-refractivity contribution is 0.403. The van der Waals surface area contributed by atoms with Gasteiger partial charge in [-0.25, -0.2) is 0 Å². The fourth-order valence-electron chi connectivity index (χ4n) is 1.52. The monoisotopic (exact) mass is 151 g/mol. The Labute approximate surface area is 66.8 Å². The Balaban J connectivity index is 2.19. The fraction of sp³-hybridized carbons (Fsp3) is 0.500. The Kier molecular flexibility index (Phi) is 1.58. The van der Waals surface area contributed by atoms with Crippen molar-refractivity contribution >= 4 is 0 Å². The highest BCUT2D eigenvalue weighted by Gasteiger charge is 2.25. The van der Waals surface area contributed by atoms with Gasteiger partial charge in [-0.05, 0) is 25.3 Å².